The third-order valence-electron chi connectivity index (χ3n) is 3.22. The van der Waals surface area contributed by atoms with Crippen LogP contribution in [0.25, 0.3) is 0 Å². The second-order valence-electron chi connectivity index (χ2n) is 4.83. The van der Waals surface area contributed by atoms with Gasteiger partial charge in [0.25, 0.3) is 5.91 Å². The molecule has 1 aromatic rings. The van der Waals surface area contributed by atoms with E-state index in [1.165, 1.54) is 6.42 Å². The van der Waals surface area contributed by atoms with Gasteiger partial charge in [0, 0.05) is 13.1 Å². The van der Waals surface area contributed by atoms with Crippen molar-refractivity contribution >= 4 is 5.91 Å². The highest BCUT2D eigenvalue weighted by molar-refractivity contribution is 5.95. The molecule has 0 bridgehead atoms. The van der Waals surface area contributed by atoms with Crippen LogP contribution in [0.5, 0.6) is 0 Å². The van der Waals surface area contributed by atoms with Crippen molar-refractivity contribution in [3.63, 3.8) is 0 Å². The van der Waals surface area contributed by atoms with Crippen LogP contribution in [0.3, 0.4) is 0 Å². The smallest absolute Gasteiger partial charge is 0.257 e. The minimum atomic E-state index is 0.126. The number of carbonyl (C=O) groups is 1. The van der Waals surface area contributed by atoms with Crippen LogP contribution in [0, 0.1) is 19.8 Å². The van der Waals surface area contributed by atoms with Crippen molar-refractivity contribution in [2.75, 3.05) is 13.1 Å². The molecule has 0 unspecified atom stereocenters. The molecule has 1 aromatic heterocycles. The first-order valence-electron chi connectivity index (χ1n) is 5.94. The summed E-state index contributed by atoms with van der Waals surface area (Å²) >= 11 is 0. The van der Waals surface area contributed by atoms with Gasteiger partial charge in [-0.05, 0) is 38.7 Å². The lowest BCUT2D eigenvalue weighted by atomic mass is 9.99. The van der Waals surface area contributed by atoms with Gasteiger partial charge in [0.15, 0.2) is 0 Å². The Morgan fingerprint density at radius 2 is 2.25 bits per heavy atom. The fraction of sp³-hybridized carbons (Fsp3) is 0.615. The first kappa shape index (κ1) is 11.2. The Balaban J connectivity index is 2.15. The molecule has 0 N–H and O–H groups in total. The van der Waals surface area contributed by atoms with Gasteiger partial charge in [0.2, 0.25) is 0 Å². The van der Waals surface area contributed by atoms with E-state index in [0.29, 0.717) is 5.92 Å². The van der Waals surface area contributed by atoms with Gasteiger partial charge in [-0.3, -0.25) is 4.79 Å². The maximum absolute atomic E-state index is 12.2. The van der Waals surface area contributed by atoms with E-state index in [-0.39, 0.29) is 5.91 Å². The second-order valence-corrected chi connectivity index (χ2v) is 4.83. The van der Waals surface area contributed by atoms with Crippen LogP contribution in [0.1, 0.15) is 41.6 Å². The molecule has 0 radical (unpaired) electrons. The van der Waals surface area contributed by atoms with Gasteiger partial charge in [-0.2, -0.15) is 0 Å². The van der Waals surface area contributed by atoms with Gasteiger partial charge in [-0.1, -0.05) is 6.92 Å². The number of nitrogens with zero attached hydrogens (tertiary/aromatic N) is 1. The lowest BCUT2D eigenvalue weighted by molar-refractivity contribution is 0.0681. The quantitative estimate of drug-likeness (QED) is 0.730. The summed E-state index contributed by atoms with van der Waals surface area (Å²) < 4.78 is 5.41. The summed E-state index contributed by atoms with van der Waals surface area (Å²) in [6.07, 6.45) is 2.34. The van der Waals surface area contributed by atoms with Crippen molar-refractivity contribution in [1.82, 2.24) is 4.90 Å². The number of hydrogen-bond donors (Lipinski definition) is 0. The number of piperidine rings is 1. The van der Waals surface area contributed by atoms with E-state index in [4.69, 9.17) is 4.42 Å². The maximum Gasteiger partial charge on any atom is 0.257 e. The average molecular weight is 221 g/mol. The van der Waals surface area contributed by atoms with E-state index >= 15 is 0 Å². The fourth-order valence-electron chi connectivity index (χ4n) is 2.39. The molecule has 88 valence electrons. The zero-order valence-corrected chi connectivity index (χ0v) is 10.2. The van der Waals surface area contributed by atoms with Crippen molar-refractivity contribution in [3.05, 3.63) is 23.2 Å². The molecule has 1 saturated heterocycles. The zero-order chi connectivity index (χ0) is 11.7. The molecule has 16 heavy (non-hydrogen) atoms. The fourth-order valence-corrected chi connectivity index (χ4v) is 2.39. The Morgan fingerprint density at radius 3 is 2.81 bits per heavy atom. The Kier molecular flexibility index (Phi) is 3.03. The van der Waals surface area contributed by atoms with E-state index in [9.17, 15) is 4.79 Å². The zero-order valence-electron chi connectivity index (χ0n) is 10.2. The first-order valence-corrected chi connectivity index (χ1v) is 5.94. The summed E-state index contributed by atoms with van der Waals surface area (Å²) in [5.74, 6) is 2.29. The molecule has 1 aliphatic heterocycles. The third-order valence-corrected chi connectivity index (χ3v) is 3.22. The minimum absolute atomic E-state index is 0.126. The van der Waals surface area contributed by atoms with E-state index in [1.54, 1.807) is 0 Å². The largest absolute Gasteiger partial charge is 0.466 e. The molecule has 3 nitrogen and oxygen atoms in total. The molecule has 0 aliphatic carbocycles. The van der Waals surface area contributed by atoms with E-state index in [0.717, 1.165) is 36.6 Å². The molecule has 1 amide bonds. The number of carbonyl (C=O) groups excluding carboxylic acids is 1. The summed E-state index contributed by atoms with van der Waals surface area (Å²) in [7, 11) is 0. The van der Waals surface area contributed by atoms with Crippen molar-refractivity contribution in [3.8, 4) is 0 Å². The van der Waals surface area contributed by atoms with Gasteiger partial charge < -0.3 is 9.32 Å². The van der Waals surface area contributed by atoms with Crippen molar-refractivity contribution in [2.24, 2.45) is 5.92 Å². The summed E-state index contributed by atoms with van der Waals surface area (Å²) in [4.78, 5) is 14.2. The van der Waals surface area contributed by atoms with E-state index < -0.39 is 0 Å². The normalized spacial score (nSPS) is 21.2. The number of aryl methyl sites for hydroxylation is 2. The Labute approximate surface area is 96.4 Å². The summed E-state index contributed by atoms with van der Waals surface area (Å²) in [5, 5.41) is 0. The van der Waals surface area contributed by atoms with Crippen LogP contribution in [0.2, 0.25) is 0 Å². The SMILES string of the molecule is Cc1cc(C(=O)N2CCC[C@H](C)C2)c(C)o1. The molecular weight excluding hydrogens is 202 g/mol. The molecule has 1 aliphatic rings. The number of amides is 1. The molecule has 1 atom stereocenters. The van der Waals surface area contributed by atoms with Gasteiger partial charge in [0.05, 0.1) is 5.56 Å². The van der Waals surface area contributed by atoms with Crippen LogP contribution < -0.4 is 0 Å². The predicted molar refractivity (Wildman–Crippen MR) is 62.5 cm³/mol. The number of furan rings is 1. The molecule has 0 aromatic carbocycles. The van der Waals surface area contributed by atoms with Crippen LogP contribution in [-0.4, -0.2) is 23.9 Å². The minimum Gasteiger partial charge on any atom is -0.466 e. The van der Waals surface area contributed by atoms with Crippen LogP contribution in [-0.2, 0) is 0 Å². The Bertz CT molecular complexity index is 395. The molecule has 0 saturated carbocycles. The molecule has 1 fully saturated rings. The van der Waals surface area contributed by atoms with Gasteiger partial charge in [0.1, 0.15) is 11.5 Å². The maximum atomic E-state index is 12.2. The summed E-state index contributed by atoms with van der Waals surface area (Å²) in [5.41, 5.74) is 0.728. The predicted octanol–water partition coefficient (Wildman–Crippen LogP) is 2.77. The first-order chi connectivity index (χ1) is 7.58. The van der Waals surface area contributed by atoms with Gasteiger partial charge in [-0.25, -0.2) is 0 Å². The topological polar surface area (TPSA) is 33.5 Å². The highest BCUT2D eigenvalue weighted by Crippen LogP contribution is 2.21. The molecular formula is C13H19NO2. The van der Waals surface area contributed by atoms with Crippen LogP contribution in [0.4, 0.5) is 0 Å². The molecule has 2 rings (SSSR count). The third kappa shape index (κ3) is 2.13. The summed E-state index contributed by atoms with van der Waals surface area (Å²) in [6, 6.07) is 1.84. The number of likely N-dealkylation sites (tertiary alicyclic amines) is 1. The lowest BCUT2D eigenvalue weighted by Crippen LogP contribution is -2.39. The van der Waals surface area contributed by atoms with E-state index in [2.05, 4.69) is 6.92 Å². The standard InChI is InChI=1S/C13H19NO2/c1-9-5-4-6-14(8-9)13(15)12-7-10(2)16-11(12)3/h7,9H,4-6,8H2,1-3H3/t9-/m0/s1. The summed E-state index contributed by atoms with van der Waals surface area (Å²) in [6.45, 7) is 7.69. The van der Waals surface area contributed by atoms with Crippen molar-refractivity contribution < 1.29 is 9.21 Å². The van der Waals surface area contributed by atoms with Gasteiger partial charge in [-0.15, -0.1) is 0 Å². The molecule has 0 spiro atoms. The number of hydrogen-bond acceptors (Lipinski definition) is 2. The molecule has 2 heterocycles. The molecule has 3 heteroatoms. The average Bonchev–Trinajstić information content (AvgIpc) is 2.57. The highest BCUT2D eigenvalue weighted by Gasteiger charge is 2.24. The van der Waals surface area contributed by atoms with Crippen LogP contribution >= 0.6 is 0 Å². The van der Waals surface area contributed by atoms with E-state index in [1.807, 2.05) is 24.8 Å². The van der Waals surface area contributed by atoms with Crippen molar-refractivity contribution in [1.29, 1.82) is 0 Å². The lowest BCUT2D eigenvalue weighted by Gasteiger charge is -2.30. The van der Waals surface area contributed by atoms with Gasteiger partial charge >= 0.3 is 0 Å². The monoisotopic (exact) mass is 221 g/mol. The number of rotatable bonds is 1. The Morgan fingerprint density at radius 1 is 1.50 bits per heavy atom. The Hall–Kier alpha value is -1.25. The van der Waals surface area contributed by atoms with Crippen molar-refractivity contribution in [2.45, 2.75) is 33.6 Å². The van der Waals surface area contributed by atoms with Crippen LogP contribution in [0.15, 0.2) is 10.5 Å². The highest BCUT2D eigenvalue weighted by atomic mass is 16.3. The second kappa shape index (κ2) is 4.32.